The van der Waals surface area contributed by atoms with E-state index in [1.54, 1.807) is 0 Å². The number of anilines is 1. The molecule has 0 N–H and O–H groups in total. The van der Waals surface area contributed by atoms with E-state index in [0.29, 0.717) is 6.54 Å². The molecule has 5 nitrogen and oxygen atoms in total. The number of aromatic nitrogens is 4. The summed E-state index contributed by atoms with van der Waals surface area (Å²) in [6, 6.07) is 18.4. The van der Waals surface area contributed by atoms with Gasteiger partial charge >= 0.3 is 0 Å². The Labute approximate surface area is 153 Å². The highest BCUT2D eigenvalue weighted by molar-refractivity contribution is 5.76. The van der Waals surface area contributed by atoms with Gasteiger partial charge in [0.05, 0.1) is 23.3 Å². The monoisotopic (exact) mass is 343 g/mol. The number of nitrogens with zero attached hydrogens (tertiary/aromatic N) is 5. The highest BCUT2D eigenvalue weighted by Gasteiger charge is 2.13. The molecule has 130 valence electrons. The molecule has 26 heavy (non-hydrogen) atoms. The third kappa shape index (κ3) is 3.28. The molecule has 0 radical (unpaired) electrons. The van der Waals surface area contributed by atoms with Gasteiger partial charge in [-0.15, -0.1) is 0 Å². The predicted octanol–water partition coefficient (Wildman–Crippen LogP) is 3.82. The number of aryl methyl sites for hydroxylation is 1. The Morgan fingerprint density at radius 2 is 1.62 bits per heavy atom. The highest BCUT2D eigenvalue weighted by Crippen LogP contribution is 2.20. The van der Waals surface area contributed by atoms with Crippen LogP contribution >= 0.6 is 0 Å². The summed E-state index contributed by atoms with van der Waals surface area (Å²) in [5.41, 5.74) is 4.02. The van der Waals surface area contributed by atoms with Crippen molar-refractivity contribution in [2.75, 3.05) is 11.9 Å². The van der Waals surface area contributed by atoms with Gasteiger partial charge in [-0.2, -0.15) is 0 Å². The van der Waals surface area contributed by atoms with E-state index in [0.717, 1.165) is 34.9 Å². The van der Waals surface area contributed by atoms with Crippen LogP contribution in [0.2, 0.25) is 0 Å². The van der Waals surface area contributed by atoms with Crippen molar-refractivity contribution in [3.8, 4) is 0 Å². The van der Waals surface area contributed by atoms with Crippen LogP contribution in [0.5, 0.6) is 0 Å². The molecule has 5 heteroatoms. The van der Waals surface area contributed by atoms with Gasteiger partial charge in [0.25, 0.3) is 0 Å². The van der Waals surface area contributed by atoms with E-state index < -0.39 is 0 Å². The quantitative estimate of drug-likeness (QED) is 0.553. The lowest BCUT2D eigenvalue weighted by Crippen LogP contribution is -2.22. The molecule has 4 aromatic rings. The summed E-state index contributed by atoms with van der Waals surface area (Å²) in [7, 11) is 2.04. The largest absolute Gasteiger partial charge is 0.351 e. The maximum atomic E-state index is 4.80. The standard InChI is InChI=1S/C21H21N5/c1-16-21(24-19-11-7-6-10-18(19)23-16)25(2)15-20-22-12-13-26(20)14-17-8-4-3-5-9-17/h3-13H,14-15H2,1-2H3. The number of imidazole rings is 1. The molecule has 0 aliphatic rings. The molecule has 0 atom stereocenters. The average molecular weight is 343 g/mol. The fourth-order valence-electron chi connectivity index (χ4n) is 3.14. The Balaban J connectivity index is 1.58. The van der Waals surface area contributed by atoms with Gasteiger partial charge in [-0.05, 0) is 24.6 Å². The summed E-state index contributed by atoms with van der Waals surface area (Å²) in [4.78, 5) is 16.1. The third-order valence-electron chi connectivity index (χ3n) is 4.46. The van der Waals surface area contributed by atoms with Crippen LogP contribution in [0, 0.1) is 6.92 Å². The number of fused-ring (bicyclic) bond motifs is 1. The SMILES string of the molecule is Cc1nc2ccccc2nc1N(C)Cc1nccn1Cc1ccccc1. The van der Waals surface area contributed by atoms with Crippen molar-refractivity contribution in [3.63, 3.8) is 0 Å². The van der Waals surface area contributed by atoms with Crippen LogP contribution in [0.25, 0.3) is 11.0 Å². The minimum Gasteiger partial charge on any atom is -0.351 e. The first-order valence-corrected chi connectivity index (χ1v) is 8.69. The number of rotatable bonds is 5. The molecule has 0 aliphatic carbocycles. The maximum absolute atomic E-state index is 4.80. The normalized spacial score (nSPS) is 11.0. The molecule has 4 rings (SSSR count). The van der Waals surface area contributed by atoms with E-state index in [1.807, 2.05) is 56.7 Å². The molecule has 0 saturated heterocycles. The molecule has 0 amide bonds. The second-order valence-corrected chi connectivity index (χ2v) is 6.43. The van der Waals surface area contributed by atoms with Gasteiger partial charge in [-0.25, -0.2) is 15.0 Å². The number of hydrogen-bond donors (Lipinski definition) is 0. The molecular weight excluding hydrogens is 322 g/mol. The second kappa shape index (κ2) is 6.96. The Hall–Kier alpha value is -3.21. The van der Waals surface area contributed by atoms with Gasteiger partial charge in [0.2, 0.25) is 0 Å². The van der Waals surface area contributed by atoms with Crippen molar-refractivity contribution in [1.29, 1.82) is 0 Å². The minimum atomic E-state index is 0.674. The van der Waals surface area contributed by atoms with E-state index in [-0.39, 0.29) is 0 Å². The smallest absolute Gasteiger partial charge is 0.150 e. The Kier molecular flexibility index (Phi) is 4.35. The Morgan fingerprint density at radius 1 is 0.923 bits per heavy atom. The Bertz CT molecular complexity index is 1020. The van der Waals surface area contributed by atoms with Gasteiger partial charge in [0.15, 0.2) is 5.82 Å². The summed E-state index contributed by atoms with van der Waals surface area (Å²) in [5, 5.41) is 0. The molecule has 2 heterocycles. The van der Waals surface area contributed by atoms with Gasteiger partial charge in [0.1, 0.15) is 5.82 Å². The first-order chi connectivity index (χ1) is 12.7. The van der Waals surface area contributed by atoms with E-state index >= 15 is 0 Å². The number of benzene rings is 2. The van der Waals surface area contributed by atoms with Crippen molar-refractivity contribution in [1.82, 2.24) is 19.5 Å². The van der Waals surface area contributed by atoms with Crippen molar-refractivity contribution < 1.29 is 0 Å². The summed E-state index contributed by atoms with van der Waals surface area (Å²) in [6.45, 7) is 3.49. The number of para-hydroxylation sites is 2. The van der Waals surface area contributed by atoms with E-state index in [2.05, 4.69) is 43.7 Å². The fraction of sp³-hybridized carbons (Fsp3) is 0.190. The van der Waals surface area contributed by atoms with Gasteiger partial charge < -0.3 is 9.47 Å². The van der Waals surface area contributed by atoms with Crippen molar-refractivity contribution in [3.05, 3.63) is 84.1 Å². The van der Waals surface area contributed by atoms with Crippen LogP contribution in [0.3, 0.4) is 0 Å². The minimum absolute atomic E-state index is 0.674. The van der Waals surface area contributed by atoms with Crippen molar-refractivity contribution in [2.24, 2.45) is 0 Å². The first kappa shape index (κ1) is 16.3. The van der Waals surface area contributed by atoms with Crippen LogP contribution < -0.4 is 4.90 Å². The lowest BCUT2D eigenvalue weighted by Gasteiger charge is -2.20. The topological polar surface area (TPSA) is 46.8 Å². The maximum Gasteiger partial charge on any atom is 0.150 e. The van der Waals surface area contributed by atoms with Crippen molar-refractivity contribution in [2.45, 2.75) is 20.0 Å². The summed E-state index contributed by atoms with van der Waals surface area (Å²) in [6.07, 6.45) is 3.88. The molecular formula is C21H21N5. The van der Waals surface area contributed by atoms with Gasteiger partial charge in [-0.3, -0.25) is 0 Å². The van der Waals surface area contributed by atoms with E-state index in [4.69, 9.17) is 4.98 Å². The molecule has 0 fully saturated rings. The zero-order chi connectivity index (χ0) is 17.9. The molecule has 0 saturated carbocycles. The zero-order valence-electron chi connectivity index (χ0n) is 15.0. The second-order valence-electron chi connectivity index (χ2n) is 6.43. The molecule has 0 aliphatic heterocycles. The lowest BCUT2D eigenvalue weighted by molar-refractivity contribution is 0.703. The molecule has 0 bridgehead atoms. The fourth-order valence-corrected chi connectivity index (χ4v) is 3.14. The lowest BCUT2D eigenvalue weighted by atomic mass is 10.2. The summed E-state index contributed by atoms with van der Waals surface area (Å²) in [5.74, 6) is 1.89. The zero-order valence-corrected chi connectivity index (χ0v) is 15.0. The van der Waals surface area contributed by atoms with E-state index in [9.17, 15) is 0 Å². The summed E-state index contributed by atoms with van der Waals surface area (Å²) >= 11 is 0. The molecule has 0 unspecified atom stereocenters. The highest BCUT2D eigenvalue weighted by atomic mass is 15.2. The van der Waals surface area contributed by atoms with Crippen LogP contribution in [0.4, 0.5) is 5.82 Å². The van der Waals surface area contributed by atoms with Crippen LogP contribution in [-0.2, 0) is 13.1 Å². The van der Waals surface area contributed by atoms with Crippen LogP contribution in [0.1, 0.15) is 17.1 Å². The molecule has 0 spiro atoms. The predicted molar refractivity (Wildman–Crippen MR) is 104 cm³/mol. The van der Waals surface area contributed by atoms with Crippen LogP contribution in [-0.4, -0.2) is 26.6 Å². The molecule has 2 aromatic heterocycles. The molecule has 2 aromatic carbocycles. The number of hydrogen-bond acceptors (Lipinski definition) is 4. The Morgan fingerprint density at radius 3 is 2.38 bits per heavy atom. The third-order valence-corrected chi connectivity index (χ3v) is 4.46. The summed E-state index contributed by atoms with van der Waals surface area (Å²) < 4.78 is 2.18. The van der Waals surface area contributed by atoms with E-state index in [1.165, 1.54) is 5.56 Å². The van der Waals surface area contributed by atoms with Crippen LogP contribution in [0.15, 0.2) is 67.0 Å². The van der Waals surface area contributed by atoms with Crippen molar-refractivity contribution >= 4 is 16.9 Å². The average Bonchev–Trinajstić information content (AvgIpc) is 3.08. The van der Waals surface area contributed by atoms with Gasteiger partial charge in [-0.1, -0.05) is 42.5 Å². The van der Waals surface area contributed by atoms with Gasteiger partial charge in [0, 0.05) is 26.0 Å². The first-order valence-electron chi connectivity index (χ1n) is 8.69.